The minimum atomic E-state index is -4.61. The summed E-state index contributed by atoms with van der Waals surface area (Å²) in [5.41, 5.74) is 1.74. The average molecular weight is 469 g/mol. The number of carbonyl (C=O) groups is 2. The normalized spacial score (nSPS) is 11.6. The summed E-state index contributed by atoms with van der Waals surface area (Å²) in [7, 11) is 1.46. The molecule has 0 saturated carbocycles. The summed E-state index contributed by atoms with van der Waals surface area (Å²) in [6.07, 6.45) is -2.25. The van der Waals surface area contributed by atoms with Crippen LogP contribution < -0.4 is 5.32 Å². The summed E-state index contributed by atoms with van der Waals surface area (Å²) >= 11 is 5.62. The first-order valence-corrected chi connectivity index (χ1v) is 10.1. The highest BCUT2D eigenvalue weighted by Crippen LogP contribution is 2.35. The summed E-state index contributed by atoms with van der Waals surface area (Å²) in [6, 6.07) is 8.85. The number of alkyl halides is 3. The first-order chi connectivity index (χ1) is 15.0. The lowest BCUT2D eigenvalue weighted by Gasteiger charge is -2.21. The van der Waals surface area contributed by atoms with Crippen LogP contribution in [0.3, 0.4) is 0 Å². The van der Waals surface area contributed by atoms with Crippen molar-refractivity contribution in [3.8, 4) is 0 Å². The molecule has 32 heavy (non-hydrogen) atoms. The molecule has 9 heteroatoms. The van der Waals surface area contributed by atoms with Gasteiger partial charge in [-0.05, 0) is 54.8 Å². The van der Waals surface area contributed by atoms with Gasteiger partial charge in [0.05, 0.1) is 17.2 Å². The standard InChI is InChI=1S/C23H24ClF3N2O3/c1-15-5-4-6-20(16(15)2)28-21(30)14-29(11-12-32-3)22(31)10-8-17-7-9-19(24)18(13-17)23(25,26)27/h4-10,13H,11-12,14H2,1-3H3,(H,28,30). The lowest BCUT2D eigenvalue weighted by atomic mass is 10.1. The molecule has 0 heterocycles. The topological polar surface area (TPSA) is 58.6 Å². The van der Waals surface area contributed by atoms with Crippen LogP contribution in [-0.2, 0) is 20.5 Å². The largest absolute Gasteiger partial charge is 0.417 e. The molecule has 0 aromatic heterocycles. The predicted octanol–water partition coefficient (Wildman–Crippen LogP) is 5.10. The molecule has 0 bridgehead atoms. The Labute approximate surface area is 189 Å². The second-order valence-electron chi connectivity index (χ2n) is 7.12. The van der Waals surface area contributed by atoms with E-state index in [1.165, 1.54) is 24.2 Å². The predicted molar refractivity (Wildman–Crippen MR) is 118 cm³/mol. The van der Waals surface area contributed by atoms with Crippen LogP contribution in [0, 0.1) is 13.8 Å². The zero-order valence-electron chi connectivity index (χ0n) is 17.9. The van der Waals surface area contributed by atoms with E-state index >= 15 is 0 Å². The van der Waals surface area contributed by atoms with Crippen LogP contribution in [0.15, 0.2) is 42.5 Å². The highest BCUT2D eigenvalue weighted by molar-refractivity contribution is 6.31. The molecule has 2 rings (SSSR count). The van der Waals surface area contributed by atoms with E-state index in [1.54, 1.807) is 6.07 Å². The lowest BCUT2D eigenvalue weighted by Crippen LogP contribution is -2.39. The third-order valence-electron chi connectivity index (χ3n) is 4.80. The molecule has 2 aromatic rings. The number of anilines is 1. The van der Waals surface area contributed by atoms with Gasteiger partial charge in [0.15, 0.2) is 0 Å². The molecule has 2 amide bonds. The molecular formula is C23H24ClF3N2O3. The number of methoxy groups -OCH3 is 1. The maximum absolute atomic E-state index is 13.0. The van der Waals surface area contributed by atoms with Gasteiger partial charge in [0.25, 0.3) is 0 Å². The molecule has 0 aliphatic carbocycles. The lowest BCUT2D eigenvalue weighted by molar-refractivity contribution is -0.137. The quantitative estimate of drug-likeness (QED) is 0.548. The molecule has 0 aliphatic rings. The van der Waals surface area contributed by atoms with E-state index in [1.807, 2.05) is 26.0 Å². The first kappa shape index (κ1) is 25.4. The Morgan fingerprint density at radius 3 is 2.56 bits per heavy atom. The van der Waals surface area contributed by atoms with E-state index in [0.29, 0.717) is 5.69 Å². The van der Waals surface area contributed by atoms with Gasteiger partial charge in [-0.15, -0.1) is 0 Å². The number of benzene rings is 2. The van der Waals surface area contributed by atoms with Crippen LogP contribution in [0.25, 0.3) is 6.08 Å². The van der Waals surface area contributed by atoms with Gasteiger partial charge in [-0.2, -0.15) is 13.2 Å². The van der Waals surface area contributed by atoms with Gasteiger partial charge in [0, 0.05) is 25.4 Å². The average Bonchev–Trinajstić information content (AvgIpc) is 2.72. The van der Waals surface area contributed by atoms with Gasteiger partial charge in [-0.25, -0.2) is 0 Å². The molecule has 0 radical (unpaired) electrons. The zero-order valence-corrected chi connectivity index (χ0v) is 18.7. The zero-order chi connectivity index (χ0) is 23.9. The molecule has 0 saturated heterocycles. The van der Waals surface area contributed by atoms with Crippen LogP contribution in [0.4, 0.5) is 18.9 Å². The van der Waals surface area contributed by atoms with Gasteiger partial charge in [-0.3, -0.25) is 9.59 Å². The molecule has 172 valence electrons. The summed E-state index contributed by atoms with van der Waals surface area (Å²) < 4.78 is 44.1. The van der Waals surface area contributed by atoms with Crippen molar-refractivity contribution in [3.05, 3.63) is 69.8 Å². The van der Waals surface area contributed by atoms with Crippen molar-refractivity contribution in [2.24, 2.45) is 0 Å². The van der Waals surface area contributed by atoms with Gasteiger partial charge in [0.1, 0.15) is 6.54 Å². The highest BCUT2D eigenvalue weighted by atomic mass is 35.5. The van der Waals surface area contributed by atoms with Crippen molar-refractivity contribution >= 4 is 35.2 Å². The maximum Gasteiger partial charge on any atom is 0.417 e. The van der Waals surface area contributed by atoms with Crippen LogP contribution in [0.5, 0.6) is 0 Å². The molecule has 0 unspecified atom stereocenters. The Morgan fingerprint density at radius 2 is 1.91 bits per heavy atom. The van der Waals surface area contributed by atoms with E-state index in [2.05, 4.69) is 5.32 Å². The minimum absolute atomic E-state index is 0.133. The molecule has 0 aliphatic heterocycles. The number of hydrogen-bond acceptors (Lipinski definition) is 3. The Morgan fingerprint density at radius 1 is 1.19 bits per heavy atom. The Bertz CT molecular complexity index is 1010. The van der Waals surface area contributed by atoms with Gasteiger partial charge >= 0.3 is 6.18 Å². The Balaban J connectivity index is 2.14. The van der Waals surface area contributed by atoms with Gasteiger partial charge < -0.3 is 15.0 Å². The number of hydrogen-bond donors (Lipinski definition) is 1. The summed E-state index contributed by atoms with van der Waals surface area (Å²) in [6.45, 7) is 3.88. The number of carbonyl (C=O) groups excluding carboxylic acids is 2. The fraction of sp³-hybridized carbons (Fsp3) is 0.304. The molecule has 5 nitrogen and oxygen atoms in total. The van der Waals surface area contributed by atoms with Crippen molar-refractivity contribution in [2.75, 3.05) is 32.1 Å². The van der Waals surface area contributed by atoms with Crippen LogP contribution >= 0.6 is 11.6 Å². The fourth-order valence-electron chi connectivity index (χ4n) is 2.85. The van der Waals surface area contributed by atoms with E-state index < -0.39 is 28.6 Å². The molecular weight excluding hydrogens is 445 g/mol. The Hall–Kier alpha value is -2.84. The van der Waals surface area contributed by atoms with Crippen molar-refractivity contribution in [3.63, 3.8) is 0 Å². The second kappa shape index (κ2) is 11.2. The van der Waals surface area contributed by atoms with Crippen molar-refractivity contribution in [2.45, 2.75) is 20.0 Å². The fourth-order valence-corrected chi connectivity index (χ4v) is 3.08. The van der Waals surface area contributed by atoms with Crippen molar-refractivity contribution in [1.82, 2.24) is 4.90 Å². The van der Waals surface area contributed by atoms with E-state index in [4.69, 9.17) is 16.3 Å². The van der Waals surface area contributed by atoms with Crippen LogP contribution in [0.1, 0.15) is 22.3 Å². The van der Waals surface area contributed by atoms with Gasteiger partial charge in [-0.1, -0.05) is 29.8 Å². The highest BCUT2D eigenvalue weighted by Gasteiger charge is 2.33. The molecule has 0 spiro atoms. The maximum atomic E-state index is 13.0. The monoisotopic (exact) mass is 468 g/mol. The van der Waals surface area contributed by atoms with E-state index in [9.17, 15) is 22.8 Å². The van der Waals surface area contributed by atoms with Gasteiger partial charge in [0.2, 0.25) is 11.8 Å². The number of amides is 2. The summed E-state index contributed by atoms with van der Waals surface area (Å²) in [4.78, 5) is 26.4. The summed E-state index contributed by atoms with van der Waals surface area (Å²) in [5, 5.41) is 2.35. The number of nitrogens with one attached hydrogen (secondary N) is 1. The third-order valence-corrected chi connectivity index (χ3v) is 5.13. The number of ether oxygens (including phenoxy) is 1. The minimum Gasteiger partial charge on any atom is -0.383 e. The SMILES string of the molecule is COCCN(CC(=O)Nc1cccc(C)c1C)C(=O)C=Cc1ccc(Cl)c(C(F)(F)F)c1. The molecule has 1 N–H and O–H groups in total. The number of nitrogens with zero attached hydrogens (tertiary/aromatic N) is 1. The van der Waals surface area contributed by atoms with E-state index in [0.717, 1.165) is 29.3 Å². The molecule has 2 aromatic carbocycles. The van der Waals surface area contributed by atoms with Crippen LogP contribution in [-0.4, -0.2) is 43.5 Å². The van der Waals surface area contributed by atoms with Crippen molar-refractivity contribution in [1.29, 1.82) is 0 Å². The number of rotatable bonds is 8. The smallest absolute Gasteiger partial charge is 0.383 e. The molecule has 0 atom stereocenters. The number of halogens is 4. The van der Waals surface area contributed by atoms with E-state index in [-0.39, 0.29) is 25.3 Å². The number of aryl methyl sites for hydroxylation is 1. The third kappa shape index (κ3) is 7.10. The van der Waals surface area contributed by atoms with Crippen LogP contribution in [0.2, 0.25) is 5.02 Å². The second-order valence-corrected chi connectivity index (χ2v) is 7.53. The summed E-state index contributed by atoms with van der Waals surface area (Å²) in [5.74, 6) is -0.941. The Kier molecular flexibility index (Phi) is 8.86. The first-order valence-electron chi connectivity index (χ1n) is 9.71. The molecule has 0 fully saturated rings. The van der Waals surface area contributed by atoms with Crippen molar-refractivity contribution < 1.29 is 27.5 Å².